The number of fused-ring (bicyclic) bond motifs is 3. The van der Waals surface area contributed by atoms with E-state index in [9.17, 15) is 4.79 Å². The highest BCUT2D eigenvalue weighted by molar-refractivity contribution is 6.06. The largest absolute Gasteiger partial charge is 0.357 e. The molecule has 0 unspecified atom stereocenters. The molecule has 1 amide bonds. The van der Waals surface area contributed by atoms with E-state index >= 15 is 0 Å². The summed E-state index contributed by atoms with van der Waals surface area (Å²) in [5.41, 5.74) is 3.35. The van der Waals surface area contributed by atoms with Gasteiger partial charge in [0.1, 0.15) is 5.69 Å². The summed E-state index contributed by atoms with van der Waals surface area (Å²) in [7, 11) is 1.98. The molecule has 0 atom stereocenters. The maximum atomic E-state index is 13.3. The van der Waals surface area contributed by atoms with E-state index in [2.05, 4.69) is 9.97 Å². The average molecular weight is 370 g/mol. The van der Waals surface area contributed by atoms with Gasteiger partial charge in [-0.25, -0.2) is 15.0 Å². The van der Waals surface area contributed by atoms with Gasteiger partial charge in [0.15, 0.2) is 11.6 Å². The monoisotopic (exact) mass is 370 g/mol. The zero-order valence-electron chi connectivity index (χ0n) is 15.4. The predicted molar refractivity (Wildman–Crippen MR) is 109 cm³/mol. The van der Waals surface area contributed by atoms with Gasteiger partial charge in [-0.2, -0.15) is 0 Å². The number of anilines is 2. The second kappa shape index (κ2) is 6.53. The van der Waals surface area contributed by atoms with Crippen LogP contribution in [0.15, 0.2) is 54.7 Å². The molecule has 7 nitrogen and oxygen atoms in total. The number of hydrogen-bond acceptors (Lipinski definition) is 6. The molecule has 0 spiro atoms. The van der Waals surface area contributed by atoms with Crippen molar-refractivity contribution in [2.45, 2.75) is 6.42 Å². The Morgan fingerprint density at radius 3 is 2.14 bits per heavy atom. The number of nitrogens with zero attached hydrogens (tertiary/aromatic N) is 6. The van der Waals surface area contributed by atoms with Crippen molar-refractivity contribution in [3.05, 3.63) is 60.4 Å². The molecule has 2 aromatic carbocycles. The predicted octanol–water partition coefficient (Wildman–Crippen LogP) is 3.06. The fourth-order valence-electron chi connectivity index (χ4n) is 3.49. The van der Waals surface area contributed by atoms with Gasteiger partial charge in [-0.05, 0) is 30.7 Å². The number of amides is 1. The van der Waals surface area contributed by atoms with Crippen LogP contribution in [0, 0.1) is 0 Å². The van der Waals surface area contributed by atoms with E-state index in [1.54, 1.807) is 4.90 Å². The minimum absolute atomic E-state index is 0.209. The molecule has 2 aromatic heterocycles. The quantitative estimate of drug-likeness (QED) is 0.513. The van der Waals surface area contributed by atoms with Crippen molar-refractivity contribution in [3.8, 4) is 0 Å². The highest BCUT2D eigenvalue weighted by atomic mass is 16.2. The first-order valence-electron chi connectivity index (χ1n) is 9.22. The third-order valence-corrected chi connectivity index (χ3v) is 4.94. The molecule has 0 saturated carbocycles. The molecule has 0 saturated heterocycles. The SMILES string of the molecule is CN1CCCN(C(=O)c2cnc3ccccc3n2)c2nc3ccccc3nc21. The molecular formula is C21H18N6O. The summed E-state index contributed by atoms with van der Waals surface area (Å²) >= 11 is 0. The van der Waals surface area contributed by atoms with Gasteiger partial charge in [-0.1, -0.05) is 24.3 Å². The number of carbonyl (C=O) groups is 1. The van der Waals surface area contributed by atoms with E-state index in [4.69, 9.17) is 9.97 Å². The van der Waals surface area contributed by atoms with E-state index in [1.165, 1.54) is 6.20 Å². The highest BCUT2D eigenvalue weighted by Gasteiger charge is 2.28. The Kier molecular flexibility index (Phi) is 3.86. The van der Waals surface area contributed by atoms with Crippen LogP contribution < -0.4 is 9.80 Å². The standard InChI is InChI=1S/C21H18N6O/c1-26-11-6-12-27(20-19(26)24-16-9-4-5-10-17(16)25-20)21(28)18-13-22-14-7-2-3-8-15(14)23-18/h2-5,7-10,13H,6,11-12H2,1H3. The minimum Gasteiger partial charge on any atom is -0.357 e. The number of carbonyl (C=O) groups excluding carboxylic acids is 1. The topological polar surface area (TPSA) is 75.1 Å². The molecule has 7 heteroatoms. The van der Waals surface area contributed by atoms with E-state index in [1.807, 2.05) is 60.5 Å². The molecule has 0 radical (unpaired) electrons. The van der Waals surface area contributed by atoms with Crippen molar-refractivity contribution in [2.24, 2.45) is 0 Å². The van der Waals surface area contributed by atoms with Crippen LogP contribution >= 0.6 is 0 Å². The third kappa shape index (κ3) is 2.72. The van der Waals surface area contributed by atoms with Crippen LogP contribution in [0.1, 0.15) is 16.9 Å². The minimum atomic E-state index is -0.209. The van der Waals surface area contributed by atoms with Gasteiger partial charge < -0.3 is 4.90 Å². The van der Waals surface area contributed by atoms with Crippen LogP contribution in [-0.2, 0) is 0 Å². The van der Waals surface area contributed by atoms with Crippen molar-refractivity contribution in [2.75, 3.05) is 29.9 Å². The van der Waals surface area contributed by atoms with Crippen molar-refractivity contribution >= 4 is 39.6 Å². The summed E-state index contributed by atoms with van der Waals surface area (Å²) in [6, 6.07) is 15.2. The van der Waals surface area contributed by atoms with Crippen LogP contribution in [0.2, 0.25) is 0 Å². The number of aromatic nitrogens is 4. The molecule has 0 N–H and O–H groups in total. The highest BCUT2D eigenvalue weighted by Crippen LogP contribution is 2.31. The first kappa shape index (κ1) is 16.6. The molecule has 1 aliphatic heterocycles. The number of benzene rings is 2. The molecule has 4 aromatic rings. The molecular weight excluding hydrogens is 352 g/mol. The summed E-state index contributed by atoms with van der Waals surface area (Å²) in [6.45, 7) is 1.35. The summed E-state index contributed by atoms with van der Waals surface area (Å²) in [4.78, 5) is 35.5. The molecule has 0 aliphatic carbocycles. The van der Waals surface area contributed by atoms with Crippen LogP contribution in [0.25, 0.3) is 22.1 Å². The Morgan fingerprint density at radius 2 is 1.43 bits per heavy atom. The number of rotatable bonds is 1. The van der Waals surface area contributed by atoms with Gasteiger partial charge in [0.2, 0.25) is 0 Å². The second-order valence-electron chi connectivity index (χ2n) is 6.84. The lowest BCUT2D eigenvalue weighted by atomic mass is 10.2. The summed E-state index contributed by atoms with van der Waals surface area (Å²) in [6.07, 6.45) is 2.35. The first-order valence-corrected chi connectivity index (χ1v) is 9.22. The zero-order chi connectivity index (χ0) is 19.1. The second-order valence-corrected chi connectivity index (χ2v) is 6.84. The fraction of sp³-hybridized carbons (Fsp3) is 0.190. The molecule has 28 heavy (non-hydrogen) atoms. The number of hydrogen-bond donors (Lipinski definition) is 0. The van der Waals surface area contributed by atoms with Gasteiger partial charge in [-0.3, -0.25) is 14.7 Å². The smallest absolute Gasteiger partial charge is 0.279 e. The Labute approximate surface area is 161 Å². The van der Waals surface area contributed by atoms with E-state index in [0.29, 0.717) is 29.4 Å². The third-order valence-electron chi connectivity index (χ3n) is 4.94. The maximum absolute atomic E-state index is 13.3. The zero-order valence-corrected chi connectivity index (χ0v) is 15.4. The molecule has 0 bridgehead atoms. The lowest BCUT2D eigenvalue weighted by Gasteiger charge is -2.22. The van der Waals surface area contributed by atoms with Gasteiger partial charge in [0.05, 0.1) is 28.3 Å². The van der Waals surface area contributed by atoms with E-state index in [0.717, 1.165) is 29.5 Å². The summed E-state index contributed by atoms with van der Waals surface area (Å²) in [5, 5.41) is 0. The Bertz CT molecular complexity index is 1210. The molecule has 0 fully saturated rings. The van der Waals surface area contributed by atoms with Crippen LogP contribution in [-0.4, -0.2) is 46.0 Å². The normalized spacial score (nSPS) is 14.2. The lowest BCUT2D eigenvalue weighted by molar-refractivity contribution is 0.0981. The van der Waals surface area contributed by atoms with E-state index < -0.39 is 0 Å². The molecule has 1 aliphatic rings. The van der Waals surface area contributed by atoms with Crippen LogP contribution in [0.4, 0.5) is 11.6 Å². The Balaban J connectivity index is 1.63. The molecule has 3 heterocycles. The molecule has 138 valence electrons. The van der Waals surface area contributed by atoms with Gasteiger partial charge >= 0.3 is 0 Å². The van der Waals surface area contributed by atoms with Crippen molar-refractivity contribution < 1.29 is 4.79 Å². The van der Waals surface area contributed by atoms with Crippen molar-refractivity contribution in [1.82, 2.24) is 19.9 Å². The van der Waals surface area contributed by atoms with Gasteiger partial charge in [0, 0.05) is 20.1 Å². The Morgan fingerprint density at radius 1 is 0.821 bits per heavy atom. The Hall–Kier alpha value is -3.61. The fourth-order valence-corrected chi connectivity index (χ4v) is 3.49. The van der Waals surface area contributed by atoms with E-state index in [-0.39, 0.29) is 5.91 Å². The van der Waals surface area contributed by atoms with Crippen LogP contribution in [0.5, 0.6) is 0 Å². The van der Waals surface area contributed by atoms with Gasteiger partial charge in [-0.15, -0.1) is 0 Å². The number of para-hydroxylation sites is 4. The van der Waals surface area contributed by atoms with Crippen molar-refractivity contribution in [1.29, 1.82) is 0 Å². The average Bonchev–Trinajstić information content (AvgIpc) is 2.90. The van der Waals surface area contributed by atoms with Gasteiger partial charge in [0.25, 0.3) is 5.91 Å². The van der Waals surface area contributed by atoms with Crippen molar-refractivity contribution in [3.63, 3.8) is 0 Å². The lowest BCUT2D eigenvalue weighted by Crippen LogP contribution is -2.33. The first-order chi connectivity index (χ1) is 13.7. The molecule has 5 rings (SSSR count). The van der Waals surface area contributed by atoms with Crippen LogP contribution in [0.3, 0.4) is 0 Å². The maximum Gasteiger partial charge on any atom is 0.279 e. The summed E-state index contributed by atoms with van der Waals surface area (Å²) < 4.78 is 0. The summed E-state index contributed by atoms with van der Waals surface area (Å²) in [5.74, 6) is 1.07.